The van der Waals surface area contributed by atoms with E-state index in [1.54, 1.807) is 10.4 Å². The van der Waals surface area contributed by atoms with E-state index in [1.165, 1.54) is 0 Å². The molecule has 4 nitrogen and oxygen atoms in total. The van der Waals surface area contributed by atoms with Crippen LogP contribution in [0.1, 0.15) is 45.1 Å². The first-order valence-corrected chi connectivity index (χ1v) is 9.29. The number of aryl methyl sites for hydroxylation is 1. The van der Waals surface area contributed by atoms with Crippen molar-refractivity contribution in [1.29, 1.82) is 0 Å². The molecule has 0 aliphatic carbocycles. The molecular formula is C16H28N2O2S. The van der Waals surface area contributed by atoms with E-state index in [0.717, 1.165) is 37.7 Å². The van der Waals surface area contributed by atoms with Crippen molar-refractivity contribution in [3.63, 3.8) is 0 Å². The number of nitrogens with two attached hydrogens (primary N) is 1. The number of hydrogen-bond donors (Lipinski definition) is 1. The molecule has 0 saturated heterocycles. The zero-order valence-corrected chi connectivity index (χ0v) is 14.0. The van der Waals surface area contributed by atoms with Crippen LogP contribution < -0.4 is 5.73 Å². The Labute approximate surface area is 129 Å². The minimum Gasteiger partial charge on any atom is -0.330 e. The molecule has 0 unspecified atom stereocenters. The Morgan fingerprint density at radius 1 is 1.10 bits per heavy atom. The molecule has 0 saturated carbocycles. The van der Waals surface area contributed by atoms with Gasteiger partial charge in [0.15, 0.2) is 0 Å². The van der Waals surface area contributed by atoms with Crippen LogP contribution >= 0.6 is 0 Å². The molecule has 1 aromatic carbocycles. The number of unbranched alkanes of at least 4 members (excludes halogenated alkanes) is 1. The molecule has 0 radical (unpaired) electrons. The van der Waals surface area contributed by atoms with Crippen molar-refractivity contribution >= 4 is 10.0 Å². The Kier molecular flexibility index (Phi) is 7.93. The third-order valence-electron chi connectivity index (χ3n) is 3.40. The van der Waals surface area contributed by atoms with Crippen LogP contribution in [0.2, 0.25) is 0 Å². The van der Waals surface area contributed by atoms with Gasteiger partial charge in [0, 0.05) is 13.1 Å². The van der Waals surface area contributed by atoms with Crippen LogP contribution in [0.25, 0.3) is 0 Å². The lowest BCUT2D eigenvalue weighted by Gasteiger charge is -2.21. The molecule has 5 heteroatoms. The van der Waals surface area contributed by atoms with Crippen LogP contribution in [-0.4, -0.2) is 32.4 Å². The van der Waals surface area contributed by atoms with Gasteiger partial charge in [-0.05, 0) is 56.3 Å². The molecule has 0 aliphatic heterocycles. The van der Waals surface area contributed by atoms with Crippen molar-refractivity contribution in [2.24, 2.45) is 5.73 Å². The van der Waals surface area contributed by atoms with Gasteiger partial charge in [-0.15, -0.1) is 0 Å². The molecule has 0 heterocycles. The van der Waals surface area contributed by atoms with E-state index in [0.29, 0.717) is 24.5 Å². The summed E-state index contributed by atoms with van der Waals surface area (Å²) in [5.74, 6) is 0. The average molecular weight is 312 g/mol. The number of hydrogen-bond acceptors (Lipinski definition) is 3. The summed E-state index contributed by atoms with van der Waals surface area (Å²) in [6.07, 6.45) is 4.50. The van der Waals surface area contributed by atoms with E-state index in [9.17, 15) is 8.42 Å². The topological polar surface area (TPSA) is 63.4 Å². The van der Waals surface area contributed by atoms with Crippen molar-refractivity contribution in [2.75, 3.05) is 19.6 Å². The molecule has 120 valence electrons. The Morgan fingerprint density at radius 2 is 1.76 bits per heavy atom. The summed E-state index contributed by atoms with van der Waals surface area (Å²) in [5, 5.41) is 0. The Morgan fingerprint density at radius 3 is 2.33 bits per heavy atom. The highest BCUT2D eigenvalue weighted by Gasteiger charge is 2.22. The number of sulfonamides is 1. The SMILES string of the molecule is CCCN(CCC)S(=O)(=O)c1cccc(CCCCN)c1. The van der Waals surface area contributed by atoms with Gasteiger partial charge < -0.3 is 5.73 Å². The van der Waals surface area contributed by atoms with E-state index in [-0.39, 0.29) is 0 Å². The van der Waals surface area contributed by atoms with E-state index >= 15 is 0 Å². The van der Waals surface area contributed by atoms with Crippen molar-refractivity contribution in [1.82, 2.24) is 4.31 Å². The Hall–Kier alpha value is -0.910. The summed E-state index contributed by atoms with van der Waals surface area (Å²) in [4.78, 5) is 0.412. The minimum absolute atomic E-state index is 0.412. The summed E-state index contributed by atoms with van der Waals surface area (Å²) < 4.78 is 27.0. The van der Waals surface area contributed by atoms with Crippen LogP contribution in [0.15, 0.2) is 29.2 Å². The van der Waals surface area contributed by atoms with E-state index < -0.39 is 10.0 Å². The fraction of sp³-hybridized carbons (Fsp3) is 0.625. The molecule has 0 atom stereocenters. The normalized spacial score (nSPS) is 12.0. The molecule has 0 fully saturated rings. The number of rotatable bonds is 10. The number of nitrogens with zero attached hydrogens (tertiary/aromatic N) is 1. The summed E-state index contributed by atoms with van der Waals surface area (Å²) in [7, 11) is -3.37. The van der Waals surface area contributed by atoms with Gasteiger partial charge in [-0.25, -0.2) is 8.42 Å². The second-order valence-corrected chi connectivity index (χ2v) is 7.24. The zero-order valence-electron chi connectivity index (χ0n) is 13.2. The molecule has 21 heavy (non-hydrogen) atoms. The lowest BCUT2D eigenvalue weighted by Crippen LogP contribution is -2.32. The molecule has 0 amide bonds. The summed E-state index contributed by atoms with van der Waals surface area (Å²) in [6, 6.07) is 7.32. The highest BCUT2D eigenvalue weighted by atomic mass is 32.2. The lowest BCUT2D eigenvalue weighted by atomic mass is 10.1. The third-order valence-corrected chi connectivity index (χ3v) is 5.30. The van der Waals surface area contributed by atoms with Gasteiger partial charge in [0.1, 0.15) is 0 Å². The fourth-order valence-electron chi connectivity index (χ4n) is 2.33. The molecule has 1 rings (SSSR count). The maximum atomic E-state index is 12.7. The minimum atomic E-state index is -3.37. The highest BCUT2D eigenvalue weighted by Crippen LogP contribution is 2.19. The maximum Gasteiger partial charge on any atom is 0.243 e. The van der Waals surface area contributed by atoms with E-state index in [1.807, 2.05) is 32.0 Å². The fourth-order valence-corrected chi connectivity index (χ4v) is 4.03. The molecule has 2 N–H and O–H groups in total. The van der Waals surface area contributed by atoms with Crippen molar-refractivity contribution in [2.45, 2.75) is 50.8 Å². The molecule has 0 aromatic heterocycles. The smallest absolute Gasteiger partial charge is 0.243 e. The van der Waals surface area contributed by atoms with Crippen molar-refractivity contribution < 1.29 is 8.42 Å². The van der Waals surface area contributed by atoms with Gasteiger partial charge in [0.05, 0.1) is 4.90 Å². The Balaban J connectivity index is 2.93. The molecule has 1 aromatic rings. The lowest BCUT2D eigenvalue weighted by molar-refractivity contribution is 0.410. The van der Waals surface area contributed by atoms with Crippen LogP contribution in [0.3, 0.4) is 0 Å². The first-order chi connectivity index (χ1) is 10.1. The second-order valence-electron chi connectivity index (χ2n) is 5.30. The van der Waals surface area contributed by atoms with Gasteiger partial charge in [-0.1, -0.05) is 26.0 Å². The van der Waals surface area contributed by atoms with Crippen LogP contribution in [0.4, 0.5) is 0 Å². The van der Waals surface area contributed by atoms with Gasteiger partial charge in [-0.2, -0.15) is 4.31 Å². The molecular weight excluding hydrogens is 284 g/mol. The van der Waals surface area contributed by atoms with Crippen LogP contribution in [-0.2, 0) is 16.4 Å². The quantitative estimate of drug-likeness (QED) is 0.676. The Bertz CT molecular complexity index is 509. The molecule has 0 spiro atoms. The van der Waals surface area contributed by atoms with Gasteiger partial charge >= 0.3 is 0 Å². The van der Waals surface area contributed by atoms with Crippen LogP contribution in [0, 0.1) is 0 Å². The largest absolute Gasteiger partial charge is 0.330 e. The van der Waals surface area contributed by atoms with Gasteiger partial charge in [0.25, 0.3) is 0 Å². The first kappa shape index (κ1) is 18.1. The average Bonchev–Trinajstić information content (AvgIpc) is 2.47. The standard InChI is InChI=1S/C16H28N2O2S/c1-3-12-18(13-4-2)21(19,20)16-10-7-9-15(14-16)8-5-6-11-17/h7,9-10,14H,3-6,8,11-13,17H2,1-2H3. The van der Waals surface area contributed by atoms with E-state index in [4.69, 9.17) is 5.73 Å². The maximum absolute atomic E-state index is 12.7. The molecule has 0 aliphatic rings. The van der Waals surface area contributed by atoms with Crippen molar-refractivity contribution in [3.05, 3.63) is 29.8 Å². The summed E-state index contributed by atoms with van der Waals surface area (Å²) >= 11 is 0. The third kappa shape index (κ3) is 5.41. The zero-order chi connectivity index (χ0) is 15.7. The van der Waals surface area contributed by atoms with E-state index in [2.05, 4.69) is 0 Å². The predicted octanol–water partition coefficient (Wildman–Crippen LogP) is 2.78. The summed E-state index contributed by atoms with van der Waals surface area (Å²) in [5.41, 5.74) is 6.56. The van der Waals surface area contributed by atoms with Crippen LogP contribution in [0.5, 0.6) is 0 Å². The van der Waals surface area contributed by atoms with Gasteiger partial charge in [0.2, 0.25) is 10.0 Å². The molecule has 0 bridgehead atoms. The monoisotopic (exact) mass is 312 g/mol. The number of benzene rings is 1. The first-order valence-electron chi connectivity index (χ1n) is 7.85. The van der Waals surface area contributed by atoms with Gasteiger partial charge in [-0.3, -0.25) is 0 Å². The predicted molar refractivity (Wildman–Crippen MR) is 87.8 cm³/mol. The highest BCUT2D eigenvalue weighted by molar-refractivity contribution is 7.89. The summed E-state index contributed by atoms with van der Waals surface area (Å²) in [6.45, 7) is 5.84. The second kappa shape index (κ2) is 9.18. The van der Waals surface area contributed by atoms with Crippen molar-refractivity contribution in [3.8, 4) is 0 Å².